The number of hydrogen-bond acceptors (Lipinski definition) is 4. The highest BCUT2D eigenvalue weighted by Gasteiger charge is 2.43. The molecule has 1 aromatic rings. The molecule has 0 amide bonds. The van der Waals surface area contributed by atoms with E-state index in [4.69, 9.17) is 19.8 Å². The third-order valence-electron chi connectivity index (χ3n) is 3.57. The van der Waals surface area contributed by atoms with Crippen molar-refractivity contribution in [1.82, 2.24) is 0 Å². The van der Waals surface area contributed by atoms with E-state index >= 15 is 0 Å². The second kappa shape index (κ2) is 6.31. The van der Waals surface area contributed by atoms with Gasteiger partial charge in [0.2, 0.25) is 0 Å². The molecule has 2 rings (SSSR count). The van der Waals surface area contributed by atoms with Gasteiger partial charge in [0.25, 0.3) is 0 Å². The minimum absolute atomic E-state index is 0.0253. The van der Waals surface area contributed by atoms with Gasteiger partial charge in [-0.15, -0.1) is 0 Å². The molecule has 0 bridgehead atoms. The molecule has 0 aromatic heterocycles. The number of nitriles is 1. The van der Waals surface area contributed by atoms with Gasteiger partial charge >= 0.3 is 5.97 Å². The van der Waals surface area contributed by atoms with Crippen LogP contribution in [0, 0.1) is 16.7 Å². The average molecular weight is 287 g/mol. The third kappa shape index (κ3) is 3.99. The van der Waals surface area contributed by atoms with Gasteiger partial charge in [-0.05, 0) is 37.1 Å². The minimum atomic E-state index is -1.02. The van der Waals surface area contributed by atoms with Gasteiger partial charge in [0.1, 0.15) is 11.5 Å². The maximum Gasteiger partial charge on any atom is 0.328 e. The fourth-order valence-corrected chi connectivity index (χ4v) is 2.02. The average Bonchev–Trinajstić information content (AvgIpc) is 3.23. The molecule has 1 aromatic carbocycles. The first-order chi connectivity index (χ1) is 10.1. The maximum atomic E-state index is 10.7. The first-order valence-corrected chi connectivity index (χ1v) is 6.67. The van der Waals surface area contributed by atoms with Crippen molar-refractivity contribution in [3.05, 3.63) is 29.8 Å². The fraction of sp³-hybridized carbons (Fsp3) is 0.375. The highest BCUT2D eigenvalue weighted by molar-refractivity contribution is 5.86. The summed E-state index contributed by atoms with van der Waals surface area (Å²) < 4.78 is 10.9. The molecule has 0 radical (unpaired) electrons. The summed E-state index contributed by atoms with van der Waals surface area (Å²) in [5.74, 6) is 0.204. The van der Waals surface area contributed by atoms with Gasteiger partial charge in [0.15, 0.2) is 0 Å². The topological polar surface area (TPSA) is 79.5 Å². The Hall–Kier alpha value is -2.48. The van der Waals surface area contributed by atoms with Crippen molar-refractivity contribution in [3.8, 4) is 17.6 Å². The Labute approximate surface area is 123 Å². The normalized spacial score (nSPS) is 15.4. The number of aliphatic carboxylic acids is 1. The second-order valence-corrected chi connectivity index (χ2v) is 5.20. The lowest BCUT2D eigenvalue weighted by molar-refractivity contribution is -0.131. The summed E-state index contributed by atoms with van der Waals surface area (Å²) in [4.78, 5) is 10.7. The molecule has 0 atom stereocenters. The largest absolute Gasteiger partial charge is 0.497 e. The van der Waals surface area contributed by atoms with E-state index < -0.39 is 5.97 Å². The van der Waals surface area contributed by atoms with E-state index in [-0.39, 0.29) is 5.41 Å². The van der Waals surface area contributed by atoms with E-state index in [0.29, 0.717) is 30.1 Å². The van der Waals surface area contributed by atoms with Crippen LogP contribution in [-0.2, 0) is 4.79 Å². The van der Waals surface area contributed by atoms with Crippen LogP contribution in [0.5, 0.6) is 11.5 Å². The third-order valence-corrected chi connectivity index (χ3v) is 3.57. The standard InChI is InChI=1S/C16H17NO4/c1-20-13-3-4-14(12(10-13)2-5-15(18)19)21-11-16(6-7-16)8-9-17/h2-5,10H,6-8,11H2,1H3,(H,18,19). The summed E-state index contributed by atoms with van der Waals surface area (Å²) in [6.45, 7) is 0.473. The molecule has 0 spiro atoms. The van der Waals surface area contributed by atoms with Crippen molar-refractivity contribution in [2.75, 3.05) is 13.7 Å². The predicted octanol–water partition coefficient (Wildman–Crippen LogP) is 2.87. The van der Waals surface area contributed by atoms with Crippen LogP contribution in [0.2, 0.25) is 0 Å². The van der Waals surface area contributed by atoms with Crippen molar-refractivity contribution in [1.29, 1.82) is 5.26 Å². The Morgan fingerprint density at radius 3 is 2.86 bits per heavy atom. The summed E-state index contributed by atoms with van der Waals surface area (Å²) >= 11 is 0. The van der Waals surface area contributed by atoms with Crippen LogP contribution in [0.15, 0.2) is 24.3 Å². The summed E-state index contributed by atoms with van der Waals surface area (Å²) in [6.07, 6.45) is 5.02. The Morgan fingerprint density at radius 2 is 2.29 bits per heavy atom. The molecular weight excluding hydrogens is 270 g/mol. The molecule has 1 saturated carbocycles. The highest BCUT2D eigenvalue weighted by atomic mass is 16.5. The van der Waals surface area contributed by atoms with E-state index in [9.17, 15) is 4.79 Å². The lowest BCUT2D eigenvalue weighted by Crippen LogP contribution is -2.12. The van der Waals surface area contributed by atoms with Crippen molar-refractivity contribution < 1.29 is 19.4 Å². The predicted molar refractivity (Wildman–Crippen MR) is 77.1 cm³/mol. The summed E-state index contributed by atoms with van der Waals surface area (Å²) in [6, 6.07) is 7.42. The zero-order chi connectivity index (χ0) is 15.3. The monoisotopic (exact) mass is 287 g/mol. The molecular formula is C16H17NO4. The van der Waals surface area contributed by atoms with Crippen LogP contribution < -0.4 is 9.47 Å². The lowest BCUT2D eigenvalue weighted by atomic mass is 10.1. The fourth-order valence-electron chi connectivity index (χ4n) is 2.02. The molecule has 1 aliphatic carbocycles. The highest BCUT2D eigenvalue weighted by Crippen LogP contribution is 2.48. The van der Waals surface area contributed by atoms with Gasteiger partial charge in [-0.2, -0.15) is 5.26 Å². The Kier molecular flexibility index (Phi) is 4.49. The maximum absolute atomic E-state index is 10.7. The summed E-state index contributed by atoms with van der Waals surface area (Å²) in [5, 5.41) is 17.5. The zero-order valence-electron chi connectivity index (χ0n) is 11.8. The summed E-state index contributed by atoms with van der Waals surface area (Å²) in [5.41, 5.74) is 0.618. The van der Waals surface area contributed by atoms with Crippen LogP contribution in [0.3, 0.4) is 0 Å². The number of carboxylic acids is 1. The molecule has 0 unspecified atom stereocenters. The molecule has 0 heterocycles. The molecule has 5 heteroatoms. The molecule has 1 fully saturated rings. The van der Waals surface area contributed by atoms with Crippen LogP contribution in [0.25, 0.3) is 6.08 Å². The van der Waals surface area contributed by atoms with Gasteiger partial charge in [-0.3, -0.25) is 0 Å². The van der Waals surface area contributed by atoms with Crippen LogP contribution in [0.1, 0.15) is 24.8 Å². The van der Waals surface area contributed by atoms with E-state index in [0.717, 1.165) is 18.9 Å². The number of carboxylic acid groups (broad SMARTS) is 1. The second-order valence-electron chi connectivity index (χ2n) is 5.20. The number of ether oxygens (including phenoxy) is 2. The first-order valence-electron chi connectivity index (χ1n) is 6.67. The van der Waals surface area contributed by atoms with E-state index in [1.165, 1.54) is 6.08 Å². The molecule has 0 aliphatic heterocycles. The van der Waals surface area contributed by atoms with Crippen molar-refractivity contribution in [3.63, 3.8) is 0 Å². The van der Waals surface area contributed by atoms with Crippen LogP contribution in [0.4, 0.5) is 0 Å². The lowest BCUT2D eigenvalue weighted by Gasteiger charge is -2.15. The van der Waals surface area contributed by atoms with Gasteiger partial charge in [0, 0.05) is 23.5 Å². The number of methoxy groups -OCH3 is 1. The Bertz CT molecular complexity index is 597. The Balaban J connectivity index is 2.14. The van der Waals surface area contributed by atoms with E-state index in [2.05, 4.69) is 6.07 Å². The molecule has 1 aliphatic rings. The molecule has 0 saturated heterocycles. The number of hydrogen-bond donors (Lipinski definition) is 1. The molecule has 110 valence electrons. The first kappa shape index (κ1) is 14.9. The Morgan fingerprint density at radius 1 is 1.52 bits per heavy atom. The van der Waals surface area contributed by atoms with E-state index in [1.54, 1.807) is 25.3 Å². The van der Waals surface area contributed by atoms with Crippen molar-refractivity contribution >= 4 is 12.0 Å². The minimum Gasteiger partial charge on any atom is -0.497 e. The molecule has 1 N–H and O–H groups in total. The molecule has 5 nitrogen and oxygen atoms in total. The van der Waals surface area contributed by atoms with E-state index in [1.807, 2.05) is 0 Å². The summed E-state index contributed by atoms with van der Waals surface area (Å²) in [7, 11) is 1.55. The molecule has 21 heavy (non-hydrogen) atoms. The van der Waals surface area contributed by atoms with Crippen molar-refractivity contribution in [2.45, 2.75) is 19.3 Å². The van der Waals surface area contributed by atoms with Crippen LogP contribution >= 0.6 is 0 Å². The van der Waals surface area contributed by atoms with Gasteiger partial charge in [-0.1, -0.05) is 0 Å². The number of benzene rings is 1. The quantitative estimate of drug-likeness (QED) is 0.780. The van der Waals surface area contributed by atoms with Gasteiger partial charge < -0.3 is 14.6 Å². The van der Waals surface area contributed by atoms with Crippen molar-refractivity contribution in [2.24, 2.45) is 5.41 Å². The van der Waals surface area contributed by atoms with Crippen LogP contribution in [-0.4, -0.2) is 24.8 Å². The zero-order valence-corrected chi connectivity index (χ0v) is 11.8. The smallest absolute Gasteiger partial charge is 0.328 e. The van der Waals surface area contributed by atoms with Gasteiger partial charge in [0.05, 0.1) is 19.8 Å². The van der Waals surface area contributed by atoms with Gasteiger partial charge in [-0.25, -0.2) is 4.79 Å². The number of rotatable bonds is 7. The SMILES string of the molecule is COc1ccc(OCC2(CC#N)CC2)c(C=CC(=O)O)c1. The number of carbonyl (C=O) groups is 1. The number of nitrogens with zero attached hydrogens (tertiary/aromatic N) is 1.